The molecule has 0 saturated heterocycles. The molecule has 112 valence electrons. The van der Waals surface area contributed by atoms with Crippen molar-refractivity contribution < 1.29 is 31.1 Å². The van der Waals surface area contributed by atoms with Gasteiger partial charge in [-0.1, -0.05) is 15.9 Å². The van der Waals surface area contributed by atoms with Crippen molar-refractivity contribution in [2.45, 2.75) is 30.0 Å². The van der Waals surface area contributed by atoms with Crippen LogP contribution in [0.15, 0.2) is 0 Å². The van der Waals surface area contributed by atoms with Gasteiger partial charge in [-0.3, -0.25) is 4.79 Å². The van der Waals surface area contributed by atoms with E-state index in [0.29, 0.717) is 17.7 Å². The first kappa shape index (κ1) is 16.6. The first-order valence-electron chi connectivity index (χ1n) is 5.45. The lowest BCUT2D eigenvalue weighted by molar-refractivity contribution is -0.277. The van der Waals surface area contributed by atoms with Gasteiger partial charge in [0.25, 0.3) is 0 Å². The average molecular weight is 356 g/mol. The molecular weight excluding hydrogens is 344 g/mol. The number of rotatable bonds is 3. The maximum absolute atomic E-state index is 12.3. The van der Waals surface area contributed by atoms with Crippen LogP contribution in [-0.2, 0) is 4.79 Å². The fourth-order valence-corrected chi connectivity index (χ4v) is 3.02. The van der Waals surface area contributed by atoms with E-state index >= 15 is 0 Å². The smallest absolute Gasteiger partial charge is 0.345 e. The Morgan fingerprint density at radius 3 is 1.95 bits per heavy atom. The molecule has 0 aromatic heterocycles. The van der Waals surface area contributed by atoms with Crippen LogP contribution in [0.1, 0.15) is 12.8 Å². The third-order valence-corrected chi connectivity index (χ3v) is 3.74. The van der Waals surface area contributed by atoms with Gasteiger partial charge in [0.2, 0.25) is 11.8 Å². The molecule has 0 spiro atoms. The molecule has 0 atom stereocenters. The summed E-state index contributed by atoms with van der Waals surface area (Å²) in [5, 5.41) is 0. The predicted molar refractivity (Wildman–Crippen MR) is 58.7 cm³/mol. The summed E-state index contributed by atoms with van der Waals surface area (Å²) in [6.45, 7) is -0.0937. The molecule has 1 fully saturated rings. The molecule has 0 radical (unpaired) electrons. The number of hydrogen-bond donors (Lipinski definition) is 0. The van der Waals surface area contributed by atoms with E-state index in [4.69, 9.17) is 0 Å². The van der Waals surface area contributed by atoms with Crippen molar-refractivity contribution in [3.63, 3.8) is 0 Å². The topological polar surface area (TPSA) is 20.3 Å². The van der Waals surface area contributed by atoms with Crippen LogP contribution >= 0.6 is 15.9 Å². The van der Waals surface area contributed by atoms with Gasteiger partial charge in [0.15, 0.2) is 0 Å². The number of halogens is 7. The molecule has 0 heterocycles. The highest BCUT2D eigenvalue weighted by Crippen LogP contribution is 2.41. The molecule has 0 N–H and O–H groups in total. The third-order valence-electron chi connectivity index (χ3n) is 2.99. The molecule has 1 saturated carbocycles. The van der Waals surface area contributed by atoms with Gasteiger partial charge >= 0.3 is 12.4 Å². The number of carbonyl (C=O) groups excluding carboxylic acids is 1. The Balaban J connectivity index is 2.71. The van der Waals surface area contributed by atoms with Gasteiger partial charge in [0.1, 0.15) is 0 Å². The van der Waals surface area contributed by atoms with Crippen molar-refractivity contribution >= 4 is 21.8 Å². The van der Waals surface area contributed by atoms with Crippen LogP contribution in [0, 0.1) is 11.8 Å². The summed E-state index contributed by atoms with van der Waals surface area (Å²) in [5.74, 6) is -5.94. The van der Waals surface area contributed by atoms with E-state index < -0.39 is 24.2 Å². The third kappa shape index (κ3) is 4.25. The summed E-state index contributed by atoms with van der Waals surface area (Å²) in [6, 6.07) is 0. The zero-order valence-electron chi connectivity index (χ0n) is 9.85. The number of carbonyl (C=O) groups is 1. The standard InChI is InChI=1S/C10H12BrF6NO/c1-18(4-5-2-6(11)3-5)8(19)7(9(12,13)14)10(15,16)17/h5-7H,2-4H2,1H3. The SMILES string of the molecule is CN(CC1CC(Br)C1)C(=O)C(C(F)(F)F)C(F)(F)F. The van der Waals surface area contributed by atoms with Crippen molar-refractivity contribution in [1.29, 1.82) is 0 Å². The number of hydrogen-bond acceptors (Lipinski definition) is 1. The predicted octanol–water partition coefficient (Wildman–Crippen LogP) is 3.36. The Morgan fingerprint density at radius 1 is 1.21 bits per heavy atom. The first-order chi connectivity index (χ1) is 8.43. The number of amides is 1. The zero-order chi connectivity index (χ0) is 15.0. The molecule has 0 aliphatic heterocycles. The maximum atomic E-state index is 12.3. The van der Waals surface area contributed by atoms with Gasteiger partial charge in [-0.15, -0.1) is 0 Å². The van der Waals surface area contributed by atoms with Gasteiger partial charge in [0.05, 0.1) is 0 Å². The van der Waals surface area contributed by atoms with Crippen LogP contribution < -0.4 is 0 Å². The molecule has 1 aliphatic carbocycles. The largest absolute Gasteiger partial charge is 0.409 e. The highest BCUT2D eigenvalue weighted by atomic mass is 79.9. The molecule has 0 aromatic carbocycles. The maximum Gasteiger partial charge on any atom is 0.409 e. The van der Waals surface area contributed by atoms with E-state index in [-0.39, 0.29) is 17.3 Å². The van der Waals surface area contributed by atoms with Crippen LogP contribution in [0.2, 0.25) is 0 Å². The summed E-state index contributed by atoms with van der Waals surface area (Å²) in [6.07, 6.45) is -9.97. The molecule has 0 aromatic rings. The first-order valence-corrected chi connectivity index (χ1v) is 6.37. The average Bonchev–Trinajstić information content (AvgIpc) is 2.10. The van der Waals surface area contributed by atoms with Crippen LogP contribution in [0.5, 0.6) is 0 Å². The molecule has 1 amide bonds. The fraction of sp³-hybridized carbons (Fsp3) is 0.900. The summed E-state index contributed by atoms with van der Waals surface area (Å²) >= 11 is 3.26. The van der Waals surface area contributed by atoms with Crippen LogP contribution in [0.4, 0.5) is 26.3 Å². The highest BCUT2D eigenvalue weighted by Gasteiger charge is 2.61. The Labute approximate surface area is 114 Å². The molecule has 0 unspecified atom stereocenters. The van der Waals surface area contributed by atoms with Gasteiger partial charge < -0.3 is 4.90 Å². The Kier molecular flexibility index (Phi) is 4.79. The van der Waals surface area contributed by atoms with Gasteiger partial charge in [-0.2, -0.15) is 26.3 Å². The Bertz CT molecular complexity index is 322. The lowest BCUT2D eigenvalue weighted by atomic mass is 9.85. The van der Waals surface area contributed by atoms with E-state index in [9.17, 15) is 31.1 Å². The molecule has 2 nitrogen and oxygen atoms in total. The summed E-state index contributed by atoms with van der Waals surface area (Å²) in [5.41, 5.74) is 0. The summed E-state index contributed by atoms with van der Waals surface area (Å²) in [4.78, 5) is 12.1. The quantitative estimate of drug-likeness (QED) is 0.561. The second-order valence-corrected chi connectivity index (χ2v) is 5.96. The van der Waals surface area contributed by atoms with Crippen molar-refractivity contribution in [2.24, 2.45) is 11.8 Å². The van der Waals surface area contributed by atoms with Gasteiger partial charge in [0, 0.05) is 18.4 Å². The second kappa shape index (κ2) is 5.49. The van der Waals surface area contributed by atoms with E-state index in [0.717, 1.165) is 7.05 Å². The second-order valence-electron chi connectivity index (χ2n) is 4.67. The van der Waals surface area contributed by atoms with E-state index in [1.165, 1.54) is 0 Å². The molecular formula is C10H12BrF6NO. The van der Waals surface area contributed by atoms with Crippen molar-refractivity contribution in [3.8, 4) is 0 Å². The van der Waals surface area contributed by atoms with Crippen molar-refractivity contribution in [3.05, 3.63) is 0 Å². The van der Waals surface area contributed by atoms with Crippen LogP contribution in [0.3, 0.4) is 0 Å². The summed E-state index contributed by atoms with van der Waals surface area (Å²) in [7, 11) is 0.967. The lowest BCUT2D eigenvalue weighted by Crippen LogP contribution is -2.50. The number of alkyl halides is 7. The van der Waals surface area contributed by atoms with Crippen molar-refractivity contribution in [1.82, 2.24) is 4.90 Å². The normalized spacial score (nSPS) is 24.3. The lowest BCUT2D eigenvalue weighted by Gasteiger charge is -2.35. The number of nitrogens with zero attached hydrogens (tertiary/aromatic N) is 1. The minimum Gasteiger partial charge on any atom is -0.345 e. The van der Waals surface area contributed by atoms with Gasteiger partial charge in [-0.05, 0) is 18.8 Å². The van der Waals surface area contributed by atoms with E-state index in [2.05, 4.69) is 15.9 Å². The summed E-state index contributed by atoms with van der Waals surface area (Å²) < 4.78 is 74.1. The van der Waals surface area contributed by atoms with Crippen LogP contribution in [0.25, 0.3) is 0 Å². The molecule has 1 aliphatic rings. The Hall–Kier alpha value is -0.470. The van der Waals surface area contributed by atoms with E-state index in [1.54, 1.807) is 0 Å². The van der Waals surface area contributed by atoms with E-state index in [1.807, 2.05) is 0 Å². The van der Waals surface area contributed by atoms with Crippen molar-refractivity contribution in [2.75, 3.05) is 13.6 Å². The minimum atomic E-state index is -5.62. The fourth-order valence-electron chi connectivity index (χ4n) is 1.97. The molecule has 1 rings (SSSR count). The van der Waals surface area contributed by atoms with Crippen LogP contribution in [-0.4, -0.2) is 41.6 Å². The van der Waals surface area contributed by atoms with Gasteiger partial charge in [-0.25, -0.2) is 0 Å². The zero-order valence-corrected chi connectivity index (χ0v) is 11.4. The molecule has 9 heteroatoms. The highest BCUT2D eigenvalue weighted by molar-refractivity contribution is 9.09. The molecule has 19 heavy (non-hydrogen) atoms. The Morgan fingerprint density at radius 2 is 1.63 bits per heavy atom. The molecule has 0 bridgehead atoms. The minimum absolute atomic E-state index is 0.0551. The monoisotopic (exact) mass is 355 g/mol.